The van der Waals surface area contributed by atoms with Gasteiger partial charge in [0.15, 0.2) is 0 Å². The molecular formula is C130H89ClN4. The van der Waals surface area contributed by atoms with E-state index in [4.69, 9.17) is 11.6 Å². The number of para-hydroxylation sites is 6. The molecule has 0 unspecified atom stereocenters. The number of halogens is 1. The van der Waals surface area contributed by atoms with E-state index in [9.17, 15) is 0 Å². The summed E-state index contributed by atoms with van der Waals surface area (Å²) < 4.78 is 0. The quantitative estimate of drug-likeness (QED) is 0.124. The van der Waals surface area contributed by atoms with Gasteiger partial charge in [0.1, 0.15) is 0 Å². The molecule has 0 radical (unpaired) electrons. The van der Waals surface area contributed by atoms with Crippen molar-refractivity contribution in [2.45, 2.75) is 10.8 Å². The summed E-state index contributed by atoms with van der Waals surface area (Å²) in [6.07, 6.45) is 0. The highest BCUT2D eigenvalue weighted by atomic mass is 35.5. The molecule has 4 aliphatic rings. The third-order valence-corrected chi connectivity index (χ3v) is 27.8. The summed E-state index contributed by atoms with van der Waals surface area (Å²) in [7, 11) is 0. The van der Waals surface area contributed by atoms with Gasteiger partial charge < -0.3 is 20.0 Å². The topological polar surface area (TPSA) is 21.8 Å². The monoisotopic (exact) mass is 1740 g/mol. The predicted molar refractivity (Wildman–Crippen MR) is 567 cm³/mol. The average molecular weight is 1740 g/mol. The van der Waals surface area contributed by atoms with Gasteiger partial charge in [0.05, 0.1) is 33.6 Å². The summed E-state index contributed by atoms with van der Waals surface area (Å²) in [5, 5.41) is 8.96. The van der Waals surface area contributed by atoms with Crippen molar-refractivity contribution in [2.24, 2.45) is 0 Å². The van der Waals surface area contributed by atoms with E-state index in [0.717, 1.165) is 50.2 Å². The van der Waals surface area contributed by atoms with Crippen molar-refractivity contribution in [3.8, 4) is 89.0 Å². The Morgan fingerprint density at radius 1 is 0.178 bits per heavy atom. The number of nitrogens with zero attached hydrogens (tertiary/aromatic N) is 3. The Morgan fingerprint density at radius 2 is 0.430 bits per heavy atom. The maximum Gasteiger partial charge on any atom is 0.0754 e. The van der Waals surface area contributed by atoms with E-state index in [1.54, 1.807) is 0 Å². The van der Waals surface area contributed by atoms with Gasteiger partial charge in [-0.2, -0.15) is 0 Å². The van der Waals surface area contributed by atoms with Crippen LogP contribution in [0.2, 0.25) is 5.02 Å². The number of anilines is 11. The fraction of sp³-hybridized carbons (Fsp3) is 0.0154. The van der Waals surface area contributed by atoms with Gasteiger partial charge in [0.2, 0.25) is 0 Å². The van der Waals surface area contributed by atoms with E-state index < -0.39 is 10.8 Å². The molecule has 2 aliphatic carbocycles. The molecule has 0 aromatic heterocycles. The standard InChI is InChI=1S/C65H44N2.C41H26ClN.C24H19N/c1-4-16-45(17-5-1)47-30-36-54(37-31-47)66(55-38-32-48(33-39-55)46-18-6-2-7-19-46)56-40-34-50-42-49(28-29-51(50)43-56)52-35-41-60-58(44-52)57-22-10-11-23-59(57)65(60)61-24-12-14-26-63(61)67(53-20-8-3-9-21-53)64-27-15-13-25-62(64)65;42-31-22-20-28-24-27(18-19-29(28)25-31)30-21-23-36-34(26-30)33-12-4-5-13-35(33)41(36)37-14-6-8-16-39(37)43(32-10-2-1-3-11-32)40-17-9-7-15-38(40)41;1-3-7-19(8-4-1)21-11-15-23(16-12-21)25-24-17-13-22(14-18-24)20-9-5-2-6-10-20/h1-44H;1-26H;1-18,25H. The Balaban J connectivity index is 0.000000125. The van der Waals surface area contributed by atoms with E-state index in [0.29, 0.717) is 0 Å². The van der Waals surface area contributed by atoms with Crippen LogP contribution in [-0.2, 0) is 10.8 Å². The second-order valence-electron chi connectivity index (χ2n) is 35.1. The summed E-state index contributed by atoms with van der Waals surface area (Å²) in [5.74, 6) is 0. The third-order valence-electron chi connectivity index (χ3n) is 27.6. The van der Waals surface area contributed by atoms with Gasteiger partial charge in [-0.05, 0) is 301 Å². The summed E-state index contributed by atoms with van der Waals surface area (Å²) in [6, 6.07) is 193. The summed E-state index contributed by atoms with van der Waals surface area (Å²) >= 11 is 6.27. The summed E-state index contributed by atoms with van der Waals surface area (Å²) in [5.41, 5.74) is 42.0. The average Bonchev–Trinajstić information content (AvgIpc) is 1.53. The summed E-state index contributed by atoms with van der Waals surface area (Å²) in [4.78, 5) is 7.23. The number of nitrogens with one attached hydrogen (secondary N) is 1. The van der Waals surface area contributed by atoms with Gasteiger partial charge in [-0.25, -0.2) is 0 Å². The molecule has 0 fully saturated rings. The largest absolute Gasteiger partial charge is 0.356 e. The first kappa shape index (κ1) is 81.1. The van der Waals surface area contributed by atoms with Gasteiger partial charge in [-0.3, -0.25) is 0 Å². The van der Waals surface area contributed by atoms with Crippen LogP contribution in [0.5, 0.6) is 0 Å². The minimum absolute atomic E-state index is 0.428. The van der Waals surface area contributed by atoms with E-state index in [1.807, 2.05) is 24.3 Å². The first-order valence-corrected chi connectivity index (χ1v) is 46.7. The molecule has 636 valence electrons. The van der Waals surface area contributed by atoms with Crippen molar-refractivity contribution in [2.75, 3.05) is 20.0 Å². The highest BCUT2D eigenvalue weighted by Crippen LogP contribution is 2.66. The second-order valence-corrected chi connectivity index (χ2v) is 35.6. The van der Waals surface area contributed by atoms with Gasteiger partial charge in [0, 0.05) is 44.8 Å². The fourth-order valence-corrected chi connectivity index (χ4v) is 21.7. The molecule has 0 amide bonds. The van der Waals surface area contributed by atoms with E-state index >= 15 is 0 Å². The Hall–Kier alpha value is -17.2. The molecule has 5 heteroatoms. The Labute approximate surface area is 793 Å². The molecule has 0 saturated heterocycles. The highest BCUT2D eigenvalue weighted by Gasteiger charge is 2.54. The molecule has 2 spiro atoms. The minimum atomic E-state index is -0.474. The number of hydrogen-bond donors (Lipinski definition) is 1. The van der Waals surface area contributed by atoms with Crippen molar-refractivity contribution in [3.05, 3.63) is 583 Å². The van der Waals surface area contributed by atoms with Crippen molar-refractivity contribution in [3.63, 3.8) is 0 Å². The van der Waals surface area contributed by atoms with Crippen LogP contribution >= 0.6 is 11.6 Å². The van der Waals surface area contributed by atoms with E-state index in [-0.39, 0.29) is 0 Å². The lowest BCUT2D eigenvalue weighted by atomic mass is 9.64. The molecule has 2 aliphatic heterocycles. The number of benzene rings is 22. The Morgan fingerprint density at radius 3 is 0.800 bits per heavy atom. The molecule has 22 aromatic carbocycles. The minimum Gasteiger partial charge on any atom is -0.356 e. The van der Waals surface area contributed by atoms with Crippen LogP contribution in [0, 0.1) is 0 Å². The Bertz CT molecular complexity index is 7910. The molecule has 135 heavy (non-hydrogen) atoms. The van der Waals surface area contributed by atoms with Crippen molar-refractivity contribution < 1.29 is 0 Å². The predicted octanol–water partition coefficient (Wildman–Crippen LogP) is 35.5. The zero-order valence-electron chi connectivity index (χ0n) is 74.0. The lowest BCUT2D eigenvalue weighted by Crippen LogP contribution is -2.36. The molecule has 2 heterocycles. The first-order valence-electron chi connectivity index (χ1n) is 46.3. The van der Waals surface area contributed by atoms with Crippen LogP contribution in [0.25, 0.3) is 111 Å². The molecular weight excluding hydrogens is 1650 g/mol. The molecule has 0 saturated carbocycles. The number of hydrogen-bond acceptors (Lipinski definition) is 4. The van der Waals surface area contributed by atoms with Crippen molar-refractivity contribution in [1.82, 2.24) is 0 Å². The summed E-state index contributed by atoms with van der Waals surface area (Å²) in [6.45, 7) is 0. The zero-order chi connectivity index (χ0) is 89.8. The van der Waals surface area contributed by atoms with Crippen LogP contribution in [0.1, 0.15) is 44.5 Å². The smallest absolute Gasteiger partial charge is 0.0754 e. The molecule has 4 nitrogen and oxygen atoms in total. The van der Waals surface area contributed by atoms with Crippen LogP contribution in [0.15, 0.2) is 534 Å². The zero-order valence-corrected chi connectivity index (χ0v) is 74.8. The first-order chi connectivity index (χ1) is 66.8. The third kappa shape index (κ3) is 14.4. The lowest BCUT2D eigenvalue weighted by Gasteiger charge is -2.45. The van der Waals surface area contributed by atoms with Crippen LogP contribution in [0.4, 0.5) is 62.6 Å². The van der Waals surface area contributed by atoms with Gasteiger partial charge in [-0.1, -0.05) is 400 Å². The van der Waals surface area contributed by atoms with E-state index in [2.05, 4.69) is 530 Å². The van der Waals surface area contributed by atoms with Gasteiger partial charge >= 0.3 is 0 Å². The Kier molecular flexibility index (Phi) is 20.8. The number of rotatable bonds is 13. The van der Waals surface area contributed by atoms with Crippen LogP contribution in [0.3, 0.4) is 0 Å². The molecule has 1 N–H and O–H groups in total. The molecule has 22 aromatic rings. The van der Waals surface area contributed by atoms with Crippen molar-refractivity contribution >= 4 is 95.7 Å². The van der Waals surface area contributed by atoms with Crippen LogP contribution < -0.4 is 20.0 Å². The van der Waals surface area contributed by atoms with Gasteiger partial charge in [-0.15, -0.1) is 0 Å². The number of fused-ring (bicyclic) bond motifs is 20. The second kappa shape index (κ2) is 34.6. The SMILES string of the molecule is Clc1ccc2cc(-c3ccc4c(c3)-c3ccccc3C43c4ccccc4N(c4ccccc4)c4ccccc43)ccc2c1.c1ccc(-c2ccc(N(c3ccc(-c4ccccc4)cc3)c3ccc4cc(-c5ccc6c(c5)-c5ccccc5C65c6ccccc6N(c6ccccc6)c6ccccc65)ccc4c3)cc2)cc1.c1ccc(-c2ccc(Nc3ccc(-c4ccccc4)cc3)cc2)cc1. The fourth-order valence-electron chi connectivity index (χ4n) is 21.5. The molecule has 0 atom stereocenters. The maximum atomic E-state index is 6.27. The van der Waals surface area contributed by atoms with Gasteiger partial charge in [0.25, 0.3) is 0 Å². The molecule has 26 rings (SSSR count). The maximum absolute atomic E-state index is 6.27. The van der Waals surface area contributed by atoms with Crippen molar-refractivity contribution in [1.29, 1.82) is 0 Å². The van der Waals surface area contributed by atoms with Crippen LogP contribution in [-0.4, -0.2) is 0 Å². The highest BCUT2D eigenvalue weighted by molar-refractivity contribution is 6.31. The normalized spacial score (nSPS) is 12.7. The van der Waals surface area contributed by atoms with E-state index in [1.165, 1.54) is 172 Å². The lowest BCUT2D eigenvalue weighted by molar-refractivity contribution is 0.753. The molecule has 0 bridgehead atoms.